The molecule has 0 saturated heterocycles. The van der Waals surface area contributed by atoms with Gasteiger partial charge in [-0.3, -0.25) is 15.0 Å². The first-order valence-corrected chi connectivity index (χ1v) is 14.7. The Balaban J connectivity index is 1.38. The van der Waals surface area contributed by atoms with Gasteiger partial charge in [0.1, 0.15) is 18.2 Å². The van der Waals surface area contributed by atoms with E-state index in [9.17, 15) is 15.8 Å². The number of nitrogens with zero attached hydrogens (tertiary/aromatic N) is 9. The third-order valence-electron chi connectivity index (χ3n) is 7.60. The van der Waals surface area contributed by atoms with Crippen LogP contribution in [0, 0.1) is 34.0 Å². The van der Waals surface area contributed by atoms with Crippen LogP contribution in [0.5, 0.6) is 0 Å². The Kier molecular flexibility index (Phi) is 7.88. The lowest BCUT2D eigenvalue weighted by atomic mass is 10.0. The molecule has 3 aromatic carbocycles. The van der Waals surface area contributed by atoms with Gasteiger partial charge in [-0.1, -0.05) is 54.6 Å². The van der Waals surface area contributed by atoms with Crippen molar-refractivity contribution in [3.8, 4) is 85.8 Å². The van der Waals surface area contributed by atoms with E-state index in [1.165, 1.54) is 18.6 Å². The van der Waals surface area contributed by atoms with E-state index < -0.39 is 0 Å². The van der Waals surface area contributed by atoms with Gasteiger partial charge in [0.15, 0.2) is 17.5 Å². The zero-order chi connectivity index (χ0) is 32.9. The molecule has 0 saturated carbocycles. The molecule has 0 N–H and O–H groups in total. The lowest BCUT2D eigenvalue weighted by Crippen LogP contribution is -2.00. The molecule has 0 aliphatic heterocycles. The molecule has 0 radical (unpaired) electrons. The summed E-state index contributed by atoms with van der Waals surface area (Å²) in [5.74, 6) is 1.37. The summed E-state index contributed by atoms with van der Waals surface area (Å²) >= 11 is 0. The SMILES string of the molecule is N#Cc1cncc(-c2cccc(-c3nc(-c4cccc(-c5cncc(C#N)c5)c4)nc(-c4cccc(-c5cncc(C#N)c5)c4)n3)c2)c1. The van der Waals surface area contributed by atoms with Gasteiger partial charge in [-0.15, -0.1) is 0 Å². The van der Waals surface area contributed by atoms with Gasteiger partial charge in [0.05, 0.1) is 16.7 Å². The molecule has 9 heteroatoms. The summed E-state index contributed by atoms with van der Waals surface area (Å²) in [6.45, 7) is 0. The first-order valence-electron chi connectivity index (χ1n) is 14.7. The second-order valence-electron chi connectivity index (χ2n) is 10.8. The van der Waals surface area contributed by atoms with Gasteiger partial charge >= 0.3 is 0 Å². The van der Waals surface area contributed by atoms with E-state index in [1.54, 1.807) is 36.8 Å². The Morgan fingerprint density at radius 1 is 0.333 bits per heavy atom. The van der Waals surface area contributed by atoms with Crippen LogP contribution in [0.2, 0.25) is 0 Å². The topological polar surface area (TPSA) is 149 Å². The highest BCUT2D eigenvalue weighted by molar-refractivity contribution is 5.76. The van der Waals surface area contributed by atoms with Crippen LogP contribution in [0.1, 0.15) is 16.7 Å². The van der Waals surface area contributed by atoms with Gasteiger partial charge < -0.3 is 0 Å². The Bertz CT molecular complexity index is 2180. The molecule has 0 spiro atoms. The van der Waals surface area contributed by atoms with Crippen LogP contribution >= 0.6 is 0 Å². The summed E-state index contributed by atoms with van der Waals surface area (Å²) in [7, 11) is 0. The highest BCUT2D eigenvalue weighted by Gasteiger charge is 2.15. The highest BCUT2D eigenvalue weighted by atomic mass is 15.0. The summed E-state index contributed by atoms with van der Waals surface area (Å²) < 4.78 is 0. The summed E-state index contributed by atoms with van der Waals surface area (Å²) in [5.41, 5.74) is 8.64. The van der Waals surface area contributed by atoms with Gasteiger partial charge in [-0.05, 0) is 53.1 Å². The van der Waals surface area contributed by atoms with Crippen molar-refractivity contribution in [2.75, 3.05) is 0 Å². The van der Waals surface area contributed by atoms with Gasteiger partial charge in [-0.2, -0.15) is 15.8 Å². The standard InChI is InChI=1S/C39H21N9/c40-16-25-10-34(22-43-19-25)28-4-1-7-31(13-28)37-46-38(32-8-2-5-29(14-32)35-11-26(17-41)20-44-23-35)48-39(47-37)33-9-3-6-30(15-33)36-12-27(18-42)21-45-24-36/h1-15,19-24H. The molecular weight excluding hydrogens is 594 g/mol. The maximum atomic E-state index is 9.40. The first-order chi connectivity index (χ1) is 23.6. The van der Waals surface area contributed by atoms with E-state index in [0.29, 0.717) is 34.2 Å². The fourth-order valence-corrected chi connectivity index (χ4v) is 5.25. The Morgan fingerprint density at radius 3 is 0.917 bits per heavy atom. The number of benzene rings is 3. The fraction of sp³-hybridized carbons (Fsp3) is 0. The Morgan fingerprint density at radius 2 is 0.625 bits per heavy atom. The number of nitriles is 3. The molecular formula is C39H21N9. The Labute approximate surface area is 275 Å². The van der Waals surface area contributed by atoms with Crippen molar-refractivity contribution in [1.82, 2.24) is 29.9 Å². The smallest absolute Gasteiger partial charge is 0.164 e. The van der Waals surface area contributed by atoms with E-state index in [4.69, 9.17) is 15.0 Å². The fourth-order valence-electron chi connectivity index (χ4n) is 5.25. The maximum absolute atomic E-state index is 9.40. The monoisotopic (exact) mass is 615 g/mol. The normalized spacial score (nSPS) is 10.4. The molecule has 0 bridgehead atoms. The third-order valence-corrected chi connectivity index (χ3v) is 7.60. The van der Waals surface area contributed by atoms with Crippen LogP contribution < -0.4 is 0 Å². The summed E-state index contributed by atoms with van der Waals surface area (Å²) in [6, 6.07) is 35.1. The van der Waals surface area contributed by atoms with E-state index in [2.05, 4.69) is 33.2 Å². The van der Waals surface area contributed by atoms with Crippen molar-refractivity contribution in [1.29, 1.82) is 15.8 Å². The van der Waals surface area contributed by atoms with Crippen molar-refractivity contribution in [3.05, 3.63) is 145 Å². The number of rotatable bonds is 6. The van der Waals surface area contributed by atoms with Gasteiger partial charge in [0.2, 0.25) is 0 Å². The van der Waals surface area contributed by atoms with Crippen LogP contribution in [0.3, 0.4) is 0 Å². The molecule has 4 heterocycles. The van der Waals surface area contributed by atoms with Crippen LogP contribution in [-0.2, 0) is 0 Å². The number of hydrogen-bond acceptors (Lipinski definition) is 9. The summed E-state index contributed by atoms with van der Waals surface area (Å²) in [5, 5.41) is 28.2. The van der Waals surface area contributed by atoms with Crippen LogP contribution in [-0.4, -0.2) is 29.9 Å². The molecule has 222 valence electrons. The molecule has 0 fully saturated rings. The van der Waals surface area contributed by atoms with Gasteiger partial charge in [0.25, 0.3) is 0 Å². The Hall–Kier alpha value is -7.41. The average molecular weight is 616 g/mol. The molecule has 48 heavy (non-hydrogen) atoms. The second kappa shape index (κ2) is 12.9. The predicted molar refractivity (Wildman–Crippen MR) is 180 cm³/mol. The molecule has 0 atom stereocenters. The molecule has 9 nitrogen and oxygen atoms in total. The number of hydrogen-bond donors (Lipinski definition) is 0. The molecule has 0 aliphatic carbocycles. The minimum absolute atomic E-state index is 0.457. The zero-order valence-electron chi connectivity index (χ0n) is 25.1. The van der Waals surface area contributed by atoms with Crippen molar-refractivity contribution in [3.63, 3.8) is 0 Å². The van der Waals surface area contributed by atoms with Crippen molar-refractivity contribution < 1.29 is 0 Å². The summed E-state index contributed by atoms with van der Waals surface area (Å²) in [4.78, 5) is 27.5. The number of pyridine rings is 3. The molecule has 0 amide bonds. The lowest BCUT2D eigenvalue weighted by Gasteiger charge is -2.11. The second-order valence-corrected chi connectivity index (χ2v) is 10.8. The van der Waals surface area contributed by atoms with Crippen molar-refractivity contribution >= 4 is 0 Å². The molecule has 0 unspecified atom stereocenters. The molecule has 0 aliphatic rings. The minimum Gasteiger partial charge on any atom is -0.263 e. The largest absolute Gasteiger partial charge is 0.263 e. The van der Waals surface area contributed by atoms with E-state index in [-0.39, 0.29) is 0 Å². The molecule has 7 rings (SSSR count). The molecule has 7 aromatic rings. The summed E-state index contributed by atoms with van der Waals surface area (Å²) in [6.07, 6.45) is 9.73. The zero-order valence-corrected chi connectivity index (χ0v) is 25.1. The van der Waals surface area contributed by atoms with Gasteiger partial charge in [0, 0.05) is 70.6 Å². The van der Waals surface area contributed by atoms with E-state index >= 15 is 0 Å². The maximum Gasteiger partial charge on any atom is 0.164 e. The number of aromatic nitrogens is 6. The minimum atomic E-state index is 0.457. The van der Waals surface area contributed by atoms with Crippen molar-refractivity contribution in [2.24, 2.45) is 0 Å². The molecule has 4 aromatic heterocycles. The van der Waals surface area contributed by atoms with Gasteiger partial charge in [-0.25, -0.2) is 15.0 Å². The predicted octanol–water partition coefficient (Wildman–Crippen LogP) is 7.67. The van der Waals surface area contributed by atoms with Crippen molar-refractivity contribution in [2.45, 2.75) is 0 Å². The third kappa shape index (κ3) is 6.09. The quantitative estimate of drug-likeness (QED) is 0.184. The highest BCUT2D eigenvalue weighted by Crippen LogP contribution is 2.31. The average Bonchev–Trinajstić information content (AvgIpc) is 3.18. The van der Waals surface area contributed by atoms with E-state index in [0.717, 1.165) is 50.1 Å². The van der Waals surface area contributed by atoms with E-state index in [1.807, 2.05) is 72.8 Å². The van der Waals surface area contributed by atoms with Crippen LogP contribution in [0.25, 0.3) is 67.5 Å². The first kappa shape index (κ1) is 29.3. The lowest BCUT2D eigenvalue weighted by molar-refractivity contribution is 1.07. The van der Waals surface area contributed by atoms with Crippen LogP contribution in [0.15, 0.2) is 128 Å². The van der Waals surface area contributed by atoms with Crippen LogP contribution in [0.4, 0.5) is 0 Å².